The van der Waals surface area contributed by atoms with E-state index < -0.39 is 0 Å². The van der Waals surface area contributed by atoms with Gasteiger partial charge in [-0.15, -0.1) is 0 Å². The first kappa shape index (κ1) is 19.3. The second-order valence-electron chi connectivity index (χ2n) is 6.32. The lowest BCUT2D eigenvalue weighted by Gasteiger charge is -2.33. The van der Waals surface area contributed by atoms with Crippen molar-refractivity contribution in [2.75, 3.05) is 40.9 Å². The van der Waals surface area contributed by atoms with Crippen molar-refractivity contribution in [1.82, 2.24) is 15.1 Å². The molecular formula is C17H29N3O3. The maximum Gasteiger partial charge on any atom is 0.317 e. The summed E-state index contributed by atoms with van der Waals surface area (Å²) in [6, 6.07) is 7.38. The molecule has 2 N–H and O–H groups in total. The van der Waals surface area contributed by atoms with Gasteiger partial charge < -0.3 is 25.0 Å². The number of hydrogen-bond acceptors (Lipinski definition) is 4. The number of hydrogen-bond donors (Lipinski definition) is 2. The minimum absolute atomic E-state index is 0.0837. The fourth-order valence-electron chi connectivity index (χ4n) is 1.97. The number of aliphatic hydroxyl groups is 1. The van der Waals surface area contributed by atoms with E-state index in [2.05, 4.69) is 24.1 Å². The van der Waals surface area contributed by atoms with Gasteiger partial charge >= 0.3 is 6.03 Å². The van der Waals surface area contributed by atoms with Crippen LogP contribution in [0.4, 0.5) is 4.79 Å². The predicted octanol–water partition coefficient (Wildman–Crippen LogP) is 1.54. The molecule has 0 heterocycles. The number of ether oxygens (including phenoxy) is 1. The second-order valence-corrected chi connectivity index (χ2v) is 6.32. The van der Waals surface area contributed by atoms with Crippen LogP contribution in [0.25, 0.3) is 0 Å². The van der Waals surface area contributed by atoms with E-state index in [1.807, 2.05) is 38.4 Å². The van der Waals surface area contributed by atoms with Crippen LogP contribution in [0.5, 0.6) is 5.75 Å². The van der Waals surface area contributed by atoms with E-state index in [1.54, 1.807) is 12.0 Å². The van der Waals surface area contributed by atoms with Gasteiger partial charge in [-0.25, -0.2) is 4.79 Å². The Balaban J connectivity index is 2.75. The molecule has 130 valence electrons. The Kier molecular flexibility index (Phi) is 7.32. The van der Waals surface area contributed by atoms with E-state index in [0.717, 1.165) is 11.3 Å². The van der Waals surface area contributed by atoms with Crippen molar-refractivity contribution < 1.29 is 14.6 Å². The van der Waals surface area contributed by atoms with Crippen molar-refractivity contribution >= 4 is 6.03 Å². The number of nitrogens with one attached hydrogen (secondary N) is 1. The van der Waals surface area contributed by atoms with Crippen LogP contribution in [0.3, 0.4) is 0 Å². The van der Waals surface area contributed by atoms with Crippen LogP contribution in [0, 0.1) is 0 Å². The van der Waals surface area contributed by atoms with Crippen LogP contribution in [-0.4, -0.2) is 67.4 Å². The summed E-state index contributed by atoms with van der Waals surface area (Å²) >= 11 is 0. The SMILES string of the molecule is COc1ccccc1CN(CCO)C(=O)NCC(C)(C)N(C)C. The van der Waals surface area contributed by atoms with Crippen molar-refractivity contribution in [3.8, 4) is 5.75 Å². The maximum absolute atomic E-state index is 12.5. The highest BCUT2D eigenvalue weighted by Gasteiger charge is 2.23. The van der Waals surface area contributed by atoms with Crippen LogP contribution in [0.2, 0.25) is 0 Å². The number of aliphatic hydroxyl groups excluding tert-OH is 1. The number of benzene rings is 1. The summed E-state index contributed by atoms with van der Waals surface area (Å²) in [7, 11) is 5.56. The Morgan fingerprint density at radius 2 is 1.96 bits per heavy atom. The number of methoxy groups -OCH3 is 1. The standard InChI is InChI=1S/C17H29N3O3/c1-17(2,19(3)4)13-18-16(22)20(10-11-21)12-14-8-6-7-9-15(14)23-5/h6-9,21H,10-13H2,1-5H3,(H,18,22). The highest BCUT2D eigenvalue weighted by molar-refractivity contribution is 5.74. The molecule has 1 rings (SSSR count). The van der Waals surface area contributed by atoms with Crippen LogP contribution in [0.15, 0.2) is 24.3 Å². The summed E-state index contributed by atoms with van der Waals surface area (Å²) in [4.78, 5) is 16.1. The van der Waals surface area contributed by atoms with Gasteiger partial charge in [0.05, 0.1) is 20.3 Å². The summed E-state index contributed by atoms with van der Waals surface area (Å²) < 4.78 is 5.32. The van der Waals surface area contributed by atoms with Gasteiger partial charge in [-0.3, -0.25) is 0 Å². The molecular weight excluding hydrogens is 294 g/mol. The Bertz CT molecular complexity index is 504. The molecule has 0 aliphatic rings. The number of rotatable bonds is 8. The average molecular weight is 323 g/mol. The highest BCUT2D eigenvalue weighted by atomic mass is 16.5. The minimum atomic E-state index is -0.195. The number of carbonyl (C=O) groups excluding carboxylic acids is 1. The largest absolute Gasteiger partial charge is 0.496 e. The topological polar surface area (TPSA) is 65.0 Å². The molecule has 0 bridgehead atoms. The zero-order valence-electron chi connectivity index (χ0n) is 14.8. The maximum atomic E-state index is 12.5. The third-order valence-corrected chi connectivity index (χ3v) is 4.09. The quantitative estimate of drug-likeness (QED) is 0.762. The van der Waals surface area contributed by atoms with Crippen molar-refractivity contribution in [1.29, 1.82) is 0 Å². The number of carbonyl (C=O) groups is 1. The van der Waals surface area contributed by atoms with E-state index in [0.29, 0.717) is 13.1 Å². The van der Waals surface area contributed by atoms with Gasteiger partial charge in [-0.1, -0.05) is 18.2 Å². The molecule has 23 heavy (non-hydrogen) atoms. The molecule has 0 aliphatic carbocycles. The number of amides is 2. The Morgan fingerprint density at radius 3 is 2.52 bits per heavy atom. The molecule has 6 nitrogen and oxygen atoms in total. The number of urea groups is 1. The molecule has 0 atom stereocenters. The summed E-state index contributed by atoms with van der Waals surface area (Å²) in [6.07, 6.45) is 0. The third kappa shape index (κ3) is 5.73. The summed E-state index contributed by atoms with van der Waals surface area (Å²) in [5.41, 5.74) is 0.760. The first-order valence-corrected chi connectivity index (χ1v) is 7.74. The fourth-order valence-corrected chi connectivity index (χ4v) is 1.97. The Labute approximate surface area is 139 Å². The van der Waals surface area contributed by atoms with E-state index in [-0.39, 0.29) is 24.7 Å². The smallest absolute Gasteiger partial charge is 0.317 e. The molecule has 0 saturated carbocycles. The zero-order chi connectivity index (χ0) is 17.5. The van der Waals surface area contributed by atoms with Crippen LogP contribution in [0.1, 0.15) is 19.4 Å². The van der Waals surface area contributed by atoms with E-state index in [9.17, 15) is 9.90 Å². The molecule has 0 fully saturated rings. The number of para-hydroxylation sites is 1. The molecule has 0 aromatic heterocycles. The summed E-state index contributed by atoms with van der Waals surface area (Å²) in [5, 5.41) is 12.2. The average Bonchev–Trinajstić information content (AvgIpc) is 2.52. The normalized spacial score (nSPS) is 11.4. The summed E-state index contributed by atoms with van der Waals surface area (Å²) in [6.45, 7) is 5.21. The van der Waals surface area contributed by atoms with E-state index >= 15 is 0 Å². The molecule has 1 aromatic carbocycles. The van der Waals surface area contributed by atoms with Gasteiger partial charge in [0.1, 0.15) is 5.75 Å². The predicted molar refractivity (Wildman–Crippen MR) is 91.7 cm³/mol. The van der Waals surface area contributed by atoms with Crippen molar-refractivity contribution in [2.24, 2.45) is 0 Å². The lowest BCUT2D eigenvalue weighted by atomic mass is 10.0. The van der Waals surface area contributed by atoms with Gasteiger partial charge in [-0.05, 0) is 34.0 Å². The number of nitrogens with zero attached hydrogens (tertiary/aromatic N) is 2. The van der Waals surface area contributed by atoms with Crippen molar-refractivity contribution in [3.63, 3.8) is 0 Å². The number of likely N-dealkylation sites (N-methyl/N-ethyl adjacent to an activating group) is 1. The van der Waals surface area contributed by atoms with Crippen LogP contribution < -0.4 is 10.1 Å². The zero-order valence-corrected chi connectivity index (χ0v) is 14.8. The van der Waals surface area contributed by atoms with Gasteiger partial charge in [0.2, 0.25) is 0 Å². The van der Waals surface area contributed by atoms with E-state index in [4.69, 9.17) is 4.74 Å². The molecule has 6 heteroatoms. The Hall–Kier alpha value is -1.79. The highest BCUT2D eigenvalue weighted by Crippen LogP contribution is 2.19. The minimum Gasteiger partial charge on any atom is -0.496 e. The van der Waals surface area contributed by atoms with E-state index in [1.165, 1.54) is 0 Å². The van der Waals surface area contributed by atoms with Crippen LogP contribution >= 0.6 is 0 Å². The molecule has 0 aliphatic heterocycles. The third-order valence-electron chi connectivity index (χ3n) is 4.09. The lowest BCUT2D eigenvalue weighted by molar-refractivity contribution is 0.157. The second kappa shape index (κ2) is 8.74. The molecule has 1 aromatic rings. The molecule has 0 unspecified atom stereocenters. The molecule has 0 spiro atoms. The molecule has 0 saturated heterocycles. The lowest BCUT2D eigenvalue weighted by Crippen LogP contribution is -2.51. The monoisotopic (exact) mass is 323 g/mol. The van der Waals surface area contributed by atoms with Gasteiger partial charge in [0.25, 0.3) is 0 Å². The first-order chi connectivity index (χ1) is 10.8. The van der Waals surface area contributed by atoms with Crippen molar-refractivity contribution in [2.45, 2.75) is 25.9 Å². The van der Waals surface area contributed by atoms with Gasteiger partial charge in [0, 0.05) is 24.2 Å². The first-order valence-electron chi connectivity index (χ1n) is 7.74. The Morgan fingerprint density at radius 1 is 1.30 bits per heavy atom. The summed E-state index contributed by atoms with van der Waals surface area (Å²) in [5.74, 6) is 0.733. The van der Waals surface area contributed by atoms with Crippen molar-refractivity contribution in [3.05, 3.63) is 29.8 Å². The molecule has 2 amide bonds. The fraction of sp³-hybridized carbons (Fsp3) is 0.588. The molecule has 0 radical (unpaired) electrons. The van der Waals surface area contributed by atoms with Gasteiger partial charge in [0.15, 0.2) is 0 Å². The van der Waals surface area contributed by atoms with Crippen LogP contribution in [-0.2, 0) is 6.54 Å². The van der Waals surface area contributed by atoms with Gasteiger partial charge in [-0.2, -0.15) is 0 Å².